The molecule has 0 aliphatic carbocycles. The number of hydrogen-bond acceptors (Lipinski definition) is 3. The fourth-order valence-electron chi connectivity index (χ4n) is 2.76. The first-order chi connectivity index (χ1) is 12.5. The van der Waals surface area contributed by atoms with Crippen molar-refractivity contribution in [1.29, 1.82) is 0 Å². The lowest BCUT2D eigenvalue weighted by Gasteiger charge is -2.16. The van der Waals surface area contributed by atoms with E-state index in [1.165, 1.54) is 5.56 Å². The molecule has 1 atom stereocenters. The van der Waals surface area contributed by atoms with Gasteiger partial charge in [0, 0.05) is 6.54 Å². The van der Waals surface area contributed by atoms with Crippen molar-refractivity contribution >= 4 is 6.03 Å². The molecule has 2 aromatic rings. The Labute approximate surface area is 155 Å². The van der Waals surface area contributed by atoms with Gasteiger partial charge in [0.15, 0.2) is 0 Å². The molecule has 0 saturated heterocycles. The number of aryl methyl sites for hydroxylation is 1. The lowest BCUT2D eigenvalue weighted by atomic mass is 10.1. The smallest absolute Gasteiger partial charge is 0.315 e. The SMILES string of the molecule is CCOc1ccc(C(C)NC(=O)NCCc2cc(C)ccc2OC)cc1. The van der Waals surface area contributed by atoms with Gasteiger partial charge in [0.25, 0.3) is 0 Å². The van der Waals surface area contributed by atoms with Crippen LogP contribution in [0.15, 0.2) is 42.5 Å². The Morgan fingerprint density at radius 1 is 1.15 bits per heavy atom. The molecule has 0 aliphatic rings. The zero-order chi connectivity index (χ0) is 18.9. The molecule has 0 fully saturated rings. The van der Waals surface area contributed by atoms with Crippen molar-refractivity contribution in [2.75, 3.05) is 20.3 Å². The minimum atomic E-state index is -0.182. The predicted molar refractivity (Wildman–Crippen MR) is 104 cm³/mol. The van der Waals surface area contributed by atoms with Gasteiger partial charge >= 0.3 is 6.03 Å². The predicted octanol–water partition coefficient (Wildman–Crippen LogP) is 4.01. The molecule has 5 nitrogen and oxygen atoms in total. The van der Waals surface area contributed by atoms with Gasteiger partial charge in [-0.2, -0.15) is 0 Å². The van der Waals surface area contributed by atoms with Gasteiger partial charge in [-0.05, 0) is 56.5 Å². The third-order valence-corrected chi connectivity index (χ3v) is 4.15. The zero-order valence-electron chi connectivity index (χ0n) is 16.0. The topological polar surface area (TPSA) is 59.6 Å². The minimum Gasteiger partial charge on any atom is -0.496 e. The van der Waals surface area contributed by atoms with Crippen LogP contribution in [0.1, 0.15) is 36.6 Å². The summed E-state index contributed by atoms with van der Waals surface area (Å²) in [6, 6.07) is 13.6. The molecule has 140 valence electrons. The Morgan fingerprint density at radius 3 is 2.54 bits per heavy atom. The number of ether oxygens (including phenoxy) is 2. The number of nitrogens with one attached hydrogen (secondary N) is 2. The molecule has 0 heterocycles. The highest BCUT2D eigenvalue weighted by Gasteiger charge is 2.10. The Balaban J connectivity index is 1.82. The van der Waals surface area contributed by atoms with E-state index < -0.39 is 0 Å². The van der Waals surface area contributed by atoms with Crippen LogP contribution < -0.4 is 20.1 Å². The number of amides is 2. The van der Waals surface area contributed by atoms with Gasteiger partial charge in [0.1, 0.15) is 11.5 Å². The van der Waals surface area contributed by atoms with Crippen LogP contribution in [0.2, 0.25) is 0 Å². The van der Waals surface area contributed by atoms with Crippen LogP contribution in [0.25, 0.3) is 0 Å². The van der Waals surface area contributed by atoms with E-state index in [4.69, 9.17) is 9.47 Å². The number of hydrogen-bond donors (Lipinski definition) is 2. The molecule has 0 saturated carbocycles. The average molecular weight is 356 g/mol. The van der Waals surface area contributed by atoms with E-state index in [1.807, 2.05) is 57.2 Å². The number of urea groups is 1. The maximum absolute atomic E-state index is 12.1. The number of carbonyl (C=O) groups excluding carboxylic acids is 1. The number of benzene rings is 2. The summed E-state index contributed by atoms with van der Waals surface area (Å²) in [5.74, 6) is 1.68. The minimum absolute atomic E-state index is 0.0841. The number of rotatable bonds is 8. The van der Waals surface area contributed by atoms with Gasteiger partial charge in [-0.15, -0.1) is 0 Å². The molecule has 0 bridgehead atoms. The number of methoxy groups -OCH3 is 1. The van der Waals surface area contributed by atoms with Crippen molar-refractivity contribution in [3.05, 3.63) is 59.2 Å². The molecular weight excluding hydrogens is 328 g/mol. The standard InChI is InChI=1S/C21H28N2O3/c1-5-26-19-9-7-17(8-10-19)16(3)23-21(24)22-13-12-18-14-15(2)6-11-20(18)25-4/h6-11,14,16H,5,12-13H2,1-4H3,(H2,22,23,24). The largest absolute Gasteiger partial charge is 0.496 e. The van der Waals surface area contributed by atoms with E-state index in [0.717, 1.165) is 29.0 Å². The van der Waals surface area contributed by atoms with Crippen LogP contribution in [0.4, 0.5) is 4.79 Å². The molecule has 26 heavy (non-hydrogen) atoms. The lowest BCUT2D eigenvalue weighted by Crippen LogP contribution is -2.38. The van der Waals surface area contributed by atoms with Crippen molar-refractivity contribution < 1.29 is 14.3 Å². The quantitative estimate of drug-likeness (QED) is 0.751. The second-order valence-corrected chi connectivity index (χ2v) is 6.19. The molecule has 0 radical (unpaired) electrons. The summed E-state index contributed by atoms with van der Waals surface area (Å²) in [6.45, 7) is 7.14. The van der Waals surface area contributed by atoms with E-state index in [0.29, 0.717) is 13.2 Å². The van der Waals surface area contributed by atoms with E-state index in [9.17, 15) is 4.79 Å². The van der Waals surface area contributed by atoms with Crippen molar-refractivity contribution in [2.24, 2.45) is 0 Å². The highest BCUT2D eigenvalue weighted by Crippen LogP contribution is 2.20. The normalized spacial score (nSPS) is 11.5. The highest BCUT2D eigenvalue weighted by atomic mass is 16.5. The molecule has 2 amide bonds. The monoisotopic (exact) mass is 356 g/mol. The summed E-state index contributed by atoms with van der Waals surface area (Å²) >= 11 is 0. The highest BCUT2D eigenvalue weighted by molar-refractivity contribution is 5.74. The fraction of sp³-hybridized carbons (Fsp3) is 0.381. The van der Waals surface area contributed by atoms with Crippen LogP contribution in [0.3, 0.4) is 0 Å². The van der Waals surface area contributed by atoms with E-state index in [-0.39, 0.29) is 12.1 Å². The summed E-state index contributed by atoms with van der Waals surface area (Å²) in [5.41, 5.74) is 3.30. The second-order valence-electron chi connectivity index (χ2n) is 6.19. The molecule has 2 N–H and O–H groups in total. The Morgan fingerprint density at radius 2 is 1.88 bits per heavy atom. The maximum Gasteiger partial charge on any atom is 0.315 e. The molecule has 2 aromatic carbocycles. The van der Waals surface area contributed by atoms with Gasteiger partial charge in [-0.1, -0.05) is 29.8 Å². The molecule has 2 rings (SSSR count). The van der Waals surface area contributed by atoms with E-state index in [1.54, 1.807) is 7.11 Å². The molecule has 0 spiro atoms. The molecule has 0 aliphatic heterocycles. The Kier molecular flexibility index (Phi) is 7.33. The first kappa shape index (κ1) is 19.6. The van der Waals surface area contributed by atoms with Crippen LogP contribution in [-0.2, 0) is 6.42 Å². The van der Waals surface area contributed by atoms with Crippen molar-refractivity contribution in [3.63, 3.8) is 0 Å². The van der Waals surface area contributed by atoms with Gasteiger partial charge in [0.05, 0.1) is 19.8 Å². The van der Waals surface area contributed by atoms with Crippen LogP contribution in [0, 0.1) is 6.92 Å². The van der Waals surface area contributed by atoms with E-state index in [2.05, 4.69) is 16.7 Å². The van der Waals surface area contributed by atoms with Crippen molar-refractivity contribution in [2.45, 2.75) is 33.2 Å². The Bertz CT molecular complexity index is 714. The lowest BCUT2D eigenvalue weighted by molar-refractivity contribution is 0.238. The maximum atomic E-state index is 12.1. The van der Waals surface area contributed by atoms with Crippen molar-refractivity contribution in [1.82, 2.24) is 10.6 Å². The van der Waals surface area contributed by atoms with Gasteiger partial charge < -0.3 is 20.1 Å². The summed E-state index contributed by atoms with van der Waals surface area (Å²) < 4.78 is 10.8. The average Bonchev–Trinajstić information content (AvgIpc) is 2.62. The summed E-state index contributed by atoms with van der Waals surface area (Å²) in [6.07, 6.45) is 0.718. The molecule has 5 heteroatoms. The number of carbonyl (C=O) groups is 1. The third-order valence-electron chi connectivity index (χ3n) is 4.15. The summed E-state index contributed by atoms with van der Waals surface area (Å²) in [4.78, 5) is 12.1. The first-order valence-electron chi connectivity index (χ1n) is 8.94. The molecular formula is C21H28N2O3. The summed E-state index contributed by atoms with van der Waals surface area (Å²) in [7, 11) is 1.66. The first-order valence-corrected chi connectivity index (χ1v) is 8.94. The third kappa shape index (κ3) is 5.69. The summed E-state index contributed by atoms with van der Waals surface area (Å²) in [5, 5.41) is 5.86. The molecule has 1 unspecified atom stereocenters. The van der Waals surface area contributed by atoms with Gasteiger partial charge in [0.2, 0.25) is 0 Å². The van der Waals surface area contributed by atoms with Crippen molar-refractivity contribution in [3.8, 4) is 11.5 Å². The fourth-order valence-corrected chi connectivity index (χ4v) is 2.76. The second kappa shape index (κ2) is 9.70. The molecule has 0 aromatic heterocycles. The zero-order valence-corrected chi connectivity index (χ0v) is 16.0. The van der Waals surface area contributed by atoms with Crippen LogP contribution in [0.5, 0.6) is 11.5 Å². The van der Waals surface area contributed by atoms with Crippen LogP contribution in [-0.4, -0.2) is 26.3 Å². The van der Waals surface area contributed by atoms with Gasteiger partial charge in [-0.3, -0.25) is 0 Å². The van der Waals surface area contributed by atoms with Crippen LogP contribution >= 0.6 is 0 Å². The Hall–Kier alpha value is -2.69. The van der Waals surface area contributed by atoms with E-state index >= 15 is 0 Å². The van der Waals surface area contributed by atoms with Gasteiger partial charge in [-0.25, -0.2) is 4.79 Å².